The van der Waals surface area contributed by atoms with E-state index in [-0.39, 0.29) is 0 Å². The van der Waals surface area contributed by atoms with E-state index in [9.17, 15) is 0 Å². The summed E-state index contributed by atoms with van der Waals surface area (Å²) in [5.41, 5.74) is 1.13. The number of fused-ring (bicyclic) bond motifs is 1. The number of aromatic nitrogens is 2. The predicted octanol–water partition coefficient (Wildman–Crippen LogP) is 3.16. The Kier molecular flexibility index (Phi) is 3.83. The topological polar surface area (TPSA) is 21.1 Å². The van der Waals surface area contributed by atoms with Crippen molar-refractivity contribution in [2.45, 2.75) is 32.2 Å². The third kappa shape index (κ3) is 2.98. The molecular weight excluding hydrogens is 234 g/mol. The Hall–Kier alpha value is -1.35. The summed E-state index contributed by atoms with van der Waals surface area (Å²) >= 11 is 0. The maximum absolute atomic E-state index is 4.47. The molecule has 0 spiro atoms. The summed E-state index contributed by atoms with van der Waals surface area (Å²) in [6, 6.07) is 6.30. The van der Waals surface area contributed by atoms with Gasteiger partial charge in [-0.05, 0) is 69.9 Å². The fourth-order valence-electron chi connectivity index (χ4n) is 3.10. The second kappa shape index (κ2) is 5.74. The van der Waals surface area contributed by atoms with Gasteiger partial charge in [-0.3, -0.25) is 0 Å². The summed E-state index contributed by atoms with van der Waals surface area (Å²) in [6.45, 7) is 3.66. The summed E-state index contributed by atoms with van der Waals surface area (Å²) in [5, 5.41) is 1.25. The SMILES string of the molecule is CN1CCC(CCCn2ccc3cccnc32)CC1. The first-order valence-corrected chi connectivity index (χ1v) is 7.41. The highest BCUT2D eigenvalue weighted by atomic mass is 15.1. The molecule has 0 aromatic carbocycles. The molecule has 3 heterocycles. The Morgan fingerprint density at radius 1 is 1.26 bits per heavy atom. The molecule has 0 bridgehead atoms. The Morgan fingerprint density at radius 3 is 2.95 bits per heavy atom. The minimum absolute atomic E-state index is 0.936. The van der Waals surface area contributed by atoms with Crippen molar-refractivity contribution in [2.75, 3.05) is 20.1 Å². The highest BCUT2D eigenvalue weighted by molar-refractivity contribution is 5.75. The minimum Gasteiger partial charge on any atom is -0.333 e. The lowest BCUT2D eigenvalue weighted by Gasteiger charge is -2.28. The lowest BCUT2D eigenvalue weighted by molar-refractivity contribution is 0.209. The number of aryl methyl sites for hydroxylation is 1. The lowest BCUT2D eigenvalue weighted by atomic mass is 9.92. The van der Waals surface area contributed by atoms with Crippen LogP contribution in [0.4, 0.5) is 0 Å². The van der Waals surface area contributed by atoms with E-state index in [0.717, 1.165) is 18.1 Å². The van der Waals surface area contributed by atoms with Crippen molar-refractivity contribution in [3.05, 3.63) is 30.6 Å². The van der Waals surface area contributed by atoms with E-state index in [4.69, 9.17) is 0 Å². The van der Waals surface area contributed by atoms with Crippen LogP contribution in [0.2, 0.25) is 0 Å². The van der Waals surface area contributed by atoms with Gasteiger partial charge >= 0.3 is 0 Å². The Morgan fingerprint density at radius 2 is 2.11 bits per heavy atom. The largest absolute Gasteiger partial charge is 0.333 e. The highest BCUT2D eigenvalue weighted by Crippen LogP contribution is 2.22. The van der Waals surface area contributed by atoms with Crippen molar-refractivity contribution in [3.8, 4) is 0 Å². The normalized spacial score (nSPS) is 18.2. The van der Waals surface area contributed by atoms with Crippen molar-refractivity contribution in [3.63, 3.8) is 0 Å². The standard InChI is InChI=1S/C16H23N3/c1-18-11-6-14(7-12-18)4-3-10-19-13-8-15-5-2-9-17-16(15)19/h2,5,8-9,13-14H,3-4,6-7,10-12H2,1H3. The molecule has 19 heavy (non-hydrogen) atoms. The Balaban J connectivity index is 1.52. The zero-order valence-corrected chi connectivity index (χ0v) is 11.8. The van der Waals surface area contributed by atoms with Crippen LogP contribution in [-0.2, 0) is 6.54 Å². The Bertz CT molecular complexity index is 524. The number of pyridine rings is 1. The first kappa shape index (κ1) is 12.7. The van der Waals surface area contributed by atoms with E-state index in [2.05, 4.69) is 39.8 Å². The van der Waals surface area contributed by atoms with Gasteiger partial charge in [0.25, 0.3) is 0 Å². The van der Waals surface area contributed by atoms with Crippen molar-refractivity contribution in [1.29, 1.82) is 0 Å². The molecule has 3 heteroatoms. The monoisotopic (exact) mass is 257 g/mol. The second-order valence-corrected chi connectivity index (χ2v) is 5.81. The maximum atomic E-state index is 4.47. The van der Waals surface area contributed by atoms with Crippen LogP contribution >= 0.6 is 0 Å². The van der Waals surface area contributed by atoms with Gasteiger partial charge in [-0.2, -0.15) is 0 Å². The van der Waals surface area contributed by atoms with Crippen LogP contribution in [-0.4, -0.2) is 34.6 Å². The van der Waals surface area contributed by atoms with Gasteiger partial charge < -0.3 is 9.47 Å². The van der Waals surface area contributed by atoms with Crippen LogP contribution in [0.1, 0.15) is 25.7 Å². The molecule has 2 aromatic heterocycles. The minimum atomic E-state index is 0.936. The summed E-state index contributed by atoms with van der Waals surface area (Å²) < 4.78 is 2.30. The molecule has 1 aliphatic heterocycles. The number of likely N-dealkylation sites (tertiary alicyclic amines) is 1. The number of hydrogen-bond donors (Lipinski definition) is 0. The van der Waals surface area contributed by atoms with Crippen LogP contribution in [0.5, 0.6) is 0 Å². The quantitative estimate of drug-likeness (QED) is 0.839. The number of nitrogens with zero attached hydrogens (tertiary/aromatic N) is 3. The first-order chi connectivity index (χ1) is 9.33. The van der Waals surface area contributed by atoms with Gasteiger partial charge in [0.15, 0.2) is 0 Å². The third-order valence-electron chi connectivity index (χ3n) is 4.37. The van der Waals surface area contributed by atoms with E-state index in [1.165, 1.54) is 44.2 Å². The molecule has 3 rings (SSSR count). The summed E-state index contributed by atoms with van der Waals surface area (Å²) in [6.07, 6.45) is 9.44. The van der Waals surface area contributed by atoms with E-state index in [0.29, 0.717) is 0 Å². The molecule has 0 radical (unpaired) electrons. The first-order valence-electron chi connectivity index (χ1n) is 7.41. The molecule has 1 fully saturated rings. The molecule has 0 aliphatic carbocycles. The van der Waals surface area contributed by atoms with Crippen LogP contribution in [0.25, 0.3) is 11.0 Å². The lowest BCUT2D eigenvalue weighted by Crippen LogP contribution is -2.30. The molecule has 0 unspecified atom stereocenters. The average molecular weight is 257 g/mol. The van der Waals surface area contributed by atoms with E-state index >= 15 is 0 Å². The second-order valence-electron chi connectivity index (χ2n) is 5.81. The Labute approximate surface area is 115 Å². The van der Waals surface area contributed by atoms with Gasteiger partial charge in [-0.25, -0.2) is 4.98 Å². The van der Waals surface area contributed by atoms with Gasteiger partial charge in [-0.15, -0.1) is 0 Å². The van der Waals surface area contributed by atoms with Crippen LogP contribution in [0, 0.1) is 5.92 Å². The van der Waals surface area contributed by atoms with E-state index < -0.39 is 0 Å². The summed E-state index contributed by atoms with van der Waals surface area (Å²) in [5.74, 6) is 0.936. The molecule has 1 saturated heterocycles. The molecule has 3 nitrogen and oxygen atoms in total. The highest BCUT2D eigenvalue weighted by Gasteiger charge is 2.16. The molecule has 0 atom stereocenters. The van der Waals surface area contributed by atoms with Crippen molar-refractivity contribution in [2.24, 2.45) is 5.92 Å². The zero-order valence-electron chi connectivity index (χ0n) is 11.8. The third-order valence-corrected chi connectivity index (χ3v) is 4.37. The molecule has 1 aliphatic rings. The number of piperidine rings is 1. The van der Waals surface area contributed by atoms with Crippen LogP contribution in [0.3, 0.4) is 0 Å². The van der Waals surface area contributed by atoms with Gasteiger partial charge in [0.1, 0.15) is 5.65 Å². The summed E-state index contributed by atoms with van der Waals surface area (Å²) in [4.78, 5) is 6.92. The van der Waals surface area contributed by atoms with E-state index in [1.54, 1.807) is 0 Å². The van der Waals surface area contributed by atoms with Crippen LogP contribution < -0.4 is 0 Å². The zero-order chi connectivity index (χ0) is 13.1. The molecule has 0 N–H and O–H groups in total. The predicted molar refractivity (Wildman–Crippen MR) is 79.2 cm³/mol. The smallest absolute Gasteiger partial charge is 0.139 e. The molecule has 2 aromatic rings. The average Bonchev–Trinajstić information content (AvgIpc) is 2.85. The fourth-order valence-corrected chi connectivity index (χ4v) is 3.10. The molecular formula is C16H23N3. The van der Waals surface area contributed by atoms with Crippen molar-refractivity contribution >= 4 is 11.0 Å². The van der Waals surface area contributed by atoms with Crippen LogP contribution in [0.15, 0.2) is 30.6 Å². The van der Waals surface area contributed by atoms with E-state index in [1.807, 2.05) is 12.3 Å². The molecule has 102 valence electrons. The number of rotatable bonds is 4. The van der Waals surface area contributed by atoms with Gasteiger partial charge in [0.2, 0.25) is 0 Å². The van der Waals surface area contributed by atoms with Gasteiger partial charge in [0, 0.05) is 24.3 Å². The number of hydrogen-bond acceptors (Lipinski definition) is 2. The van der Waals surface area contributed by atoms with Gasteiger partial charge in [-0.1, -0.05) is 0 Å². The molecule has 0 saturated carbocycles. The fraction of sp³-hybridized carbons (Fsp3) is 0.562. The van der Waals surface area contributed by atoms with Crippen molar-refractivity contribution < 1.29 is 0 Å². The van der Waals surface area contributed by atoms with Gasteiger partial charge in [0.05, 0.1) is 0 Å². The molecule has 0 amide bonds. The summed E-state index contributed by atoms with van der Waals surface area (Å²) in [7, 11) is 2.23. The van der Waals surface area contributed by atoms with Crippen molar-refractivity contribution in [1.82, 2.24) is 14.5 Å². The maximum Gasteiger partial charge on any atom is 0.139 e.